The van der Waals surface area contributed by atoms with E-state index in [2.05, 4.69) is 20.9 Å². The van der Waals surface area contributed by atoms with Crippen molar-refractivity contribution in [2.45, 2.75) is 77.0 Å². The first-order valence-electron chi connectivity index (χ1n) is 12.7. The molecule has 204 valence electrons. The van der Waals surface area contributed by atoms with Crippen molar-refractivity contribution in [3.05, 3.63) is 36.0 Å². The van der Waals surface area contributed by atoms with Crippen molar-refractivity contribution in [2.24, 2.45) is 17.4 Å². The smallest absolute Gasteiger partial charge is 0.326 e. The Labute approximate surface area is 217 Å². The molecular weight excluding hydrogens is 476 g/mol. The maximum absolute atomic E-state index is 13.4. The molecule has 5 atom stereocenters. The lowest BCUT2D eigenvalue weighted by atomic mass is 9.96. The first-order chi connectivity index (χ1) is 17.6. The standard InChI is InChI=1S/C26H40N6O5/c1-4-15(2)22(32-23(33)16(3)28)25(35)31-21(13-17-14-29-19-10-6-5-9-18(17)19)24(34)30-20(26(36)37)11-7-8-12-27/h5-6,9-10,14-16,20-22,29H,4,7-8,11-13,27-28H2,1-3H3,(H,30,34)(H,31,35)(H,32,33)(H,36,37). The van der Waals surface area contributed by atoms with Crippen LogP contribution < -0.4 is 27.4 Å². The number of para-hydroxylation sites is 1. The predicted molar refractivity (Wildman–Crippen MR) is 141 cm³/mol. The summed E-state index contributed by atoms with van der Waals surface area (Å²) in [5.74, 6) is -3.05. The summed E-state index contributed by atoms with van der Waals surface area (Å²) >= 11 is 0. The van der Waals surface area contributed by atoms with Crippen LogP contribution in [0, 0.1) is 5.92 Å². The molecule has 5 unspecified atom stereocenters. The summed E-state index contributed by atoms with van der Waals surface area (Å²) in [5, 5.41) is 18.5. The Morgan fingerprint density at radius 1 is 0.973 bits per heavy atom. The fourth-order valence-electron chi connectivity index (χ4n) is 4.00. The van der Waals surface area contributed by atoms with Gasteiger partial charge in [-0.05, 0) is 50.3 Å². The fraction of sp³-hybridized carbons (Fsp3) is 0.538. The number of amides is 3. The Bertz CT molecular complexity index is 1070. The van der Waals surface area contributed by atoms with Crippen molar-refractivity contribution >= 4 is 34.6 Å². The van der Waals surface area contributed by atoms with Crippen LogP contribution in [0.2, 0.25) is 0 Å². The molecule has 1 aromatic carbocycles. The van der Waals surface area contributed by atoms with Gasteiger partial charge in [-0.15, -0.1) is 0 Å². The minimum Gasteiger partial charge on any atom is -0.480 e. The molecule has 11 heteroatoms. The number of carbonyl (C=O) groups is 4. The number of aromatic amines is 1. The van der Waals surface area contributed by atoms with E-state index >= 15 is 0 Å². The number of fused-ring (bicyclic) bond motifs is 1. The molecule has 0 aliphatic rings. The van der Waals surface area contributed by atoms with E-state index in [9.17, 15) is 24.3 Å². The number of carboxylic acids is 1. The second kappa shape index (κ2) is 14.3. The van der Waals surface area contributed by atoms with E-state index in [-0.39, 0.29) is 18.8 Å². The monoisotopic (exact) mass is 516 g/mol. The lowest BCUT2D eigenvalue weighted by Gasteiger charge is -2.27. The third-order valence-corrected chi connectivity index (χ3v) is 6.50. The Morgan fingerprint density at radius 3 is 2.27 bits per heavy atom. The van der Waals surface area contributed by atoms with Crippen LogP contribution in [-0.2, 0) is 25.6 Å². The number of hydrogen-bond acceptors (Lipinski definition) is 6. The maximum atomic E-state index is 13.4. The van der Waals surface area contributed by atoms with Gasteiger partial charge in [0.2, 0.25) is 17.7 Å². The van der Waals surface area contributed by atoms with E-state index in [4.69, 9.17) is 11.5 Å². The topological polar surface area (TPSA) is 192 Å². The third-order valence-electron chi connectivity index (χ3n) is 6.50. The van der Waals surface area contributed by atoms with Gasteiger partial charge in [-0.1, -0.05) is 38.5 Å². The number of H-pyrrole nitrogens is 1. The van der Waals surface area contributed by atoms with Gasteiger partial charge >= 0.3 is 5.97 Å². The number of unbranched alkanes of at least 4 members (excludes halogenated alkanes) is 1. The van der Waals surface area contributed by atoms with E-state index in [1.807, 2.05) is 38.1 Å². The van der Waals surface area contributed by atoms with E-state index in [0.29, 0.717) is 25.8 Å². The second-order valence-corrected chi connectivity index (χ2v) is 9.47. The summed E-state index contributed by atoms with van der Waals surface area (Å²) in [7, 11) is 0. The highest BCUT2D eigenvalue weighted by Crippen LogP contribution is 2.20. The zero-order valence-corrected chi connectivity index (χ0v) is 21.8. The highest BCUT2D eigenvalue weighted by atomic mass is 16.4. The van der Waals surface area contributed by atoms with Gasteiger partial charge in [0, 0.05) is 23.5 Å². The second-order valence-electron chi connectivity index (χ2n) is 9.47. The molecule has 0 aliphatic carbocycles. The van der Waals surface area contributed by atoms with E-state index < -0.39 is 47.9 Å². The Balaban J connectivity index is 2.32. The number of hydrogen-bond donors (Lipinski definition) is 7. The van der Waals surface area contributed by atoms with Gasteiger partial charge in [-0.2, -0.15) is 0 Å². The average Bonchev–Trinajstić information content (AvgIpc) is 3.28. The van der Waals surface area contributed by atoms with E-state index in [0.717, 1.165) is 16.5 Å². The Morgan fingerprint density at radius 2 is 1.65 bits per heavy atom. The van der Waals surface area contributed by atoms with Gasteiger partial charge in [0.15, 0.2) is 0 Å². The largest absolute Gasteiger partial charge is 0.480 e. The van der Waals surface area contributed by atoms with Crippen molar-refractivity contribution < 1.29 is 24.3 Å². The summed E-state index contributed by atoms with van der Waals surface area (Å²) in [4.78, 5) is 53.9. The van der Waals surface area contributed by atoms with Crippen molar-refractivity contribution in [3.63, 3.8) is 0 Å². The number of carboxylic acid groups (broad SMARTS) is 1. The average molecular weight is 517 g/mol. The molecule has 37 heavy (non-hydrogen) atoms. The van der Waals surface area contributed by atoms with Crippen LogP contribution in [0.4, 0.5) is 0 Å². The zero-order chi connectivity index (χ0) is 27.5. The summed E-state index contributed by atoms with van der Waals surface area (Å²) in [6.45, 7) is 5.64. The first kappa shape index (κ1) is 29.8. The molecule has 3 amide bonds. The van der Waals surface area contributed by atoms with Gasteiger partial charge < -0.3 is 37.5 Å². The number of benzene rings is 1. The maximum Gasteiger partial charge on any atom is 0.326 e. The molecule has 0 saturated heterocycles. The van der Waals surface area contributed by atoms with Gasteiger partial charge in [-0.3, -0.25) is 14.4 Å². The summed E-state index contributed by atoms with van der Waals surface area (Å²) in [5.41, 5.74) is 12.8. The third kappa shape index (κ3) is 8.57. The molecule has 0 spiro atoms. The molecule has 0 radical (unpaired) electrons. The molecule has 0 aliphatic heterocycles. The number of rotatable bonds is 15. The van der Waals surface area contributed by atoms with Crippen LogP contribution in [-0.4, -0.2) is 64.5 Å². The van der Waals surface area contributed by atoms with Crippen LogP contribution in [0.25, 0.3) is 10.9 Å². The zero-order valence-electron chi connectivity index (χ0n) is 21.8. The van der Waals surface area contributed by atoms with Crippen LogP contribution in [0.3, 0.4) is 0 Å². The highest BCUT2D eigenvalue weighted by molar-refractivity contribution is 5.95. The number of aromatic nitrogens is 1. The fourth-order valence-corrected chi connectivity index (χ4v) is 4.00. The molecule has 9 N–H and O–H groups in total. The van der Waals surface area contributed by atoms with Gasteiger partial charge in [0.25, 0.3) is 0 Å². The lowest BCUT2D eigenvalue weighted by Crippen LogP contribution is -2.58. The molecular formula is C26H40N6O5. The number of nitrogens with one attached hydrogen (secondary N) is 4. The van der Waals surface area contributed by atoms with Crippen molar-refractivity contribution in [2.75, 3.05) is 6.54 Å². The lowest BCUT2D eigenvalue weighted by molar-refractivity contribution is -0.142. The number of aliphatic carboxylic acids is 1. The van der Waals surface area contributed by atoms with Gasteiger partial charge in [-0.25, -0.2) is 4.79 Å². The molecule has 2 aromatic rings. The normalized spacial score (nSPS) is 15.3. The van der Waals surface area contributed by atoms with Crippen molar-refractivity contribution in [3.8, 4) is 0 Å². The predicted octanol–water partition coefficient (Wildman–Crippen LogP) is 0.772. The molecule has 2 rings (SSSR count). The summed E-state index contributed by atoms with van der Waals surface area (Å²) in [6, 6.07) is 3.61. The molecule has 1 aromatic heterocycles. The quantitative estimate of drug-likeness (QED) is 0.170. The van der Waals surface area contributed by atoms with E-state index in [1.165, 1.54) is 6.92 Å². The minimum absolute atomic E-state index is 0.116. The first-order valence-corrected chi connectivity index (χ1v) is 12.7. The summed E-state index contributed by atoms with van der Waals surface area (Å²) < 4.78 is 0. The molecule has 1 heterocycles. The van der Waals surface area contributed by atoms with Crippen molar-refractivity contribution in [1.82, 2.24) is 20.9 Å². The molecule has 11 nitrogen and oxygen atoms in total. The van der Waals surface area contributed by atoms with Crippen LogP contribution in [0.15, 0.2) is 30.5 Å². The van der Waals surface area contributed by atoms with Crippen molar-refractivity contribution in [1.29, 1.82) is 0 Å². The minimum atomic E-state index is -1.16. The Kier molecular flexibility index (Phi) is 11.5. The SMILES string of the molecule is CCC(C)C(NC(=O)C(C)N)C(=O)NC(Cc1c[nH]c2ccccc12)C(=O)NC(CCCCN)C(=O)O. The number of carbonyl (C=O) groups excluding carboxylic acids is 3. The van der Waals surface area contributed by atoms with Crippen LogP contribution in [0.1, 0.15) is 52.0 Å². The summed E-state index contributed by atoms with van der Waals surface area (Å²) in [6.07, 6.45) is 3.85. The Hall–Kier alpha value is -3.44. The molecule has 0 saturated carbocycles. The van der Waals surface area contributed by atoms with E-state index in [1.54, 1.807) is 6.20 Å². The number of nitrogens with two attached hydrogens (primary N) is 2. The van der Waals surface area contributed by atoms with Crippen LogP contribution in [0.5, 0.6) is 0 Å². The van der Waals surface area contributed by atoms with Gasteiger partial charge in [0.05, 0.1) is 6.04 Å². The van der Waals surface area contributed by atoms with Crippen LogP contribution >= 0.6 is 0 Å². The highest BCUT2D eigenvalue weighted by Gasteiger charge is 2.32. The molecule has 0 bridgehead atoms. The molecule has 0 fully saturated rings. The van der Waals surface area contributed by atoms with Gasteiger partial charge in [0.1, 0.15) is 18.1 Å².